The first-order valence-corrected chi connectivity index (χ1v) is 9.45. The van der Waals surface area contributed by atoms with E-state index in [1.807, 2.05) is 6.07 Å². The van der Waals surface area contributed by atoms with E-state index < -0.39 is 17.9 Å². The molecule has 2 N–H and O–H groups in total. The molecule has 0 aliphatic heterocycles. The van der Waals surface area contributed by atoms with E-state index in [0.29, 0.717) is 6.54 Å². The standard InChI is InChI=1S/C18H24N2O4S/c1-3-19-18(23)12(2)20-16(21)10-24-17(22)11-25-15-8-7-13-5-4-6-14(13)9-15/h7-9,12H,3-6,10-11H2,1-2H3,(H,19,23)(H,20,21)/t12-/m1/s1. The minimum atomic E-state index is -0.660. The lowest BCUT2D eigenvalue weighted by molar-refractivity contribution is -0.146. The molecule has 0 heterocycles. The zero-order chi connectivity index (χ0) is 18.2. The highest BCUT2D eigenvalue weighted by atomic mass is 32.2. The number of rotatable bonds is 8. The lowest BCUT2D eigenvalue weighted by Gasteiger charge is -2.13. The predicted molar refractivity (Wildman–Crippen MR) is 96.4 cm³/mol. The van der Waals surface area contributed by atoms with Gasteiger partial charge < -0.3 is 15.4 Å². The van der Waals surface area contributed by atoms with E-state index in [-0.39, 0.29) is 18.3 Å². The number of carbonyl (C=O) groups excluding carboxylic acids is 3. The van der Waals surface area contributed by atoms with Crippen molar-refractivity contribution in [1.29, 1.82) is 0 Å². The van der Waals surface area contributed by atoms with Gasteiger partial charge in [-0.1, -0.05) is 6.07 Å². The van der Waals surface area contributed by atoms with Crippen LogP contribution in [-0.2, 0) is 32.0 Å². The Morgan fingerprint density at radius 1 is 1.24 bits per heavy atom. The molecule has 0 saturated heterocycles. The van der Waals surface area contributed by atoms with Crippen LogP contribution in [0.5, 0.6) is 0 Å². The number of fused-ring (bicyclic) bond motifs is 1. The molecule has 25 heavy (non-hydrogen) atoms. The first-order chi connectivity index (χ1) is 12.0. The van der Waals surface area contributed by atoms with Crippen molar-refractivity contribution in [2.45, 2.75) is 44.0 Å². The van der Waals surface area contributed by atoms with Crippen molar-refractivity contribution in [2.75, 3.05) is 18.9 Å². The second-order valence-corrected chi connectivity index (χ2v) is 6.97. The summed E-state index contributed by atoms with van der Waals surface area (Å²) in [5.74, 6) is -1.06. The van der Waals surface area contributed by atoms with Gasteiger partial charge in [-0.3, -0.25) is 14.4 Å². The number of hydrogen-bond donors (Lipinski definition) is 2. The normalized spacial score (nSPS) is 13.7. The van der Waals surface area contributed by atoms with Gasteiger partial charge in [0.15, 0.2) is 6.61 Å². The van der Waals surface area contributed by atoms with Crippen LogP contribution in [0.2, 0.25) is 0 Å². The molecule has 6 nitrogen and oxygen atoms in total. The Kier molecular flexibility index (Phi) is 7.31. The van der Waals surface area contributed by atoms with E-state index in [1.54, 1.807) is 13.8 Å². The Hall–Kier alpha value is -2.02. The van der Waals surface area contributed by atoms with Crippen LogP contribution in [0.4, 0.5) is 0 Å². The van der Waals surface area contributed by atoms with Crippen LogP contribution in [0.1, 0.15) is 31.4 Å². The maximum Gasteiger partial charge on any atom is 0.316 e. The van der Waals surface area contributed by atoms with E-state index in [9.17, 15) is 14.4 Å². The number of hydrogen-bond acceptors (Lipinski definition) is 5. The number of likely N-dealkylation sites (N-methyl/N-ethyl adjacent to an activating group) is 1. The lowest BCUT2D eigenvalue weighted by Crippen LogP contribution is -2.46. The number of aryl methyl sites for hydroxylation is 2. The van der Waals surface area contributed by atoms with Crippen molar-refractivity contribution in [3.05, 3.63) is 29.3 Å². The molecule has 2 amide bonds. The molecule has 1 aromatic rings. The number of esters is 1. The molecular weight excluding hydrogens is 340 g/mol. The second-order valence-electron chi connectivity index (χ2n) is 5.92. The van der Waals surface area contributed by atoms with E-state index in [2.05, 4.69) is 22.8 Å². The maximum atomic E-state index is 11.8. The van der Waals surface area contributed by atoms with Gasteiger partial charge in [-0.15, -0.1) is 11.8 Å². The van der Waals surface area contributed by atoms with Gasteiger partial charge in [0.1, 0.15) is 6.04 Å². The molecule has 1 aromatic carbocycles. The van der Waals surface area contributed by atoms with Crippen LogP contribution in [0.3, 0.4) is 0 Å². The molecule has 0 spiro atoms. The topological polar surface area (TPSA) is 84.5 Å². The Labute approximate surface area is 152 Å². The number of nitrogens with one attached hydrogen (secondary N) is 2. The Balaban J connectivity index is 1.68. The number of benzene rings is 1. The molecule has 7 heteroatoms. The summed E-state index contributed by atoms with van der Waals surface area (Å²) in [5.41, 5.74) is 2.75. The summed E-state index contributed by atoms with van der Waals surface area (Å²) in [6, 6.07) is 5.60. The van der Waals surface area contributed by atoms with Gasteiger partial charge >= 0.3 is 5.97 Å². The van der Waals surface area contributed by atoms with Crippen molar-refractivity contribution in [3.8, 4) is 0 Å². The highest BCUT2D eigenvalue weighted by Gasteiger charge is 2.16. The molecule has 1 atom stereocenters. The number of amides is 2. The number of carbonyl (C=O) groups is 3. The molecule has 0 aromatic heterocycles. The third kappa shape index (κ3) is 6.08. The van der Waals surface area contributed by atoms with Gasteiger partial charge in [-0.05, 0) is 56.4 Å². The van der Waals surface area contributed by atoms with Crippen molar-refractivity contribution < 1.29 is 19.1 Å². The molecule has 0 radical (unpaired) electrons. The molecule has 1 aliphatic carbocycles. The van der Waals surface area contributed by atoms with Gasteiger partial charge in [0.25, 0.3) is 5.91 Å². The SMILES string of the molecule is CCNC(=O)[C@@H](C)NC(=O)COC(=O)CSc1ccc2c(c1)CCC2. The smallest absolute Gasteiger partial charge is 0.316 e. The lowest BCUT2D eigenvalue weighted by atomic mass is 10.1. The van der Waals surface area contributed by atoms with Crippen LogP contribution in [0.25, 0.3) is 0 Å². The van der Waals surface area contributed by atoms with E-state index >= 15 is 0 Å². The van der Waals surface area contributed by atoms with Crippen LogP contribution in [0, 0.1) is 0 Å². The van der Waals surface area contributed by atoms with Gasteiger partial charge in [0, 0.05) is 11.4 Å². The molecule has 0 saturated carbocycles. The molecule has 136 valence electrons. The monoisotopic (exact) mass is 364 g/mol. The van der Waals surface area contributed by atoms with Crippen molar-refractivity contribution in [3.63, 3.8) is 0 Å². The van der Waals surface area contributed by atoms with Gasteiger partial charge in [-0.2, -0.15) is 0 Å². The minimum Gasteiger partial charge on any atom is -0.455 e. The second kappa shape index (κ2) is 9.46. The highest BCUT2D eigenvalue weighted by Crippen LogP contribution is 2.27. The first kappa shape index (κ1) is 19.3. The molecule has 0 fully saturated rings. The van der Waals surface area contributed by atoms with E-state index in [4.69, 9.17) is 4.74 Å². The third-order valence-corrected chi connectivity index (χ3v) is 4.88. The fraction of sp³-hybridized carbons (Fsp3) is 0.500. The Bertz CT molecular complexity index is 648. The molecular formula is C18H24N2O4S. The summed E-state index contributed by atoms with van der Waals surface area (Å²) in [6.45, 7) is 3.49. The average molecular weight is 364 g/mol. The van der Waals surface area contributed by atoms with Crippen LogP contribution >= 0.6 is 11.8 Å². The van der Waals surface area contributed by atoms with Crippen molar-refractivity contribution in [1.82, 2.24) is 10.6 Å². The van der Waals surface area contributed by atoms with E-state index in [1.165, 1.54) is 29.3 Å². The summed E-state index contributed by atoms with van der Waals surface area (Å²) in [6.07, 6.45) is 3.42. The van der Waals surface area contributed by atoms with Crippen LogP contribution < -0.4 is 10.6 Å². The molecule has 2 rings (SSSR count). The van der Waals surface area contributed by atoms with Gasteiger partial charge in [0.2, 0.25) is 5.91 Å². The largest absolute Gasteiger partial charge is 0.455 e. The summed E-state index contributed by atoms with van der Waals surface area (Å²) in [7, 11) is 0. The molecule has 0 unspecified atom stereocenters. The van der Waals surface area contributed by atoms with Crippen molar-refractivity contribution in [2.24, 2.45) is 0 Å². The number of thioether (sulfide) groups is 1. The zero-order valence-corrected chi connectivity index (χ0v) is 15.4. The zero-order valence-electron chi connectivity index (χ0n) is 14.6. The van der Waals surface area contributed by atoms with Crippen LogP contribution in [-0.4, -0.2) is 42.7 Å². The summed E-state index contributed by atoms with van der Waals surface area (Å²) < 4.78 is 4.96. The fourth-order valence-corrected chi connectivity index (χ4v) is 3.40. The first-order valence-electron chi connectivity index (χ1n) is 8.47. The fourth-order valence-electron chi connectivity index (χ4n) is 2.64. The quantitative estimate of drug-likeness (QED) is 0.539. The third-order valence-electron chi connectivity index (χ3n) is 3.91. The predicted octanol–water partition coefficient (Wildman–Crippen LogP) is 1.45. The van der Waals surface area contributed by atoms with Crippen LogP contribution in [0.15, 0.2) is 23.1 Å². The number of ether oxygens (including phenoxy) is 1. The highest BCUT2D eigenvalue weighted by molar-refractivity contribution is 8.00. The summed E-state index contributed by atoms with van der Waals surface area (Å²) in [5, 5.41) is 5.09. The average Bonchev–Trinajstić information content (AvgIpc) is 3.06. The van der Waals surface area contributed by atoms with E-state index in [0.717, 1.165) is 17.7 Å². The Morgan fingerprint density at radius 3 is 2.76 bits per heavy atom. The maximum absolute atomic E-state index is 11.8. The van der Waals surface area contributed by atoms with Gasteiger partial charge in [0.05, 0.1) is 5.75 Å². The Morgan fingerprint density at radius 2 is 2.00 bits per heavy atom. The molecule has 0 bridgehead atoms. The van der Waals surface area contributed by atoms with Crippen molar-refractivity contribution >= 4 is 29.5 Å². The summed E-state index contributed by atoms with van der Waals surface area (Å²) >= 11 is 1.40. The summed E-state index contributed by atoms with van der Waals surface area (Å²) in [4.78, 5) is 36.0. The van der Waals surface area contributed by atoms with Gasteiger partial charge in [-0.25, -0.2) is 0 Å². The molecule has 1 aliphatic rings. The minimum absolute atomic E-state index is 0.151.